The molecule has 2 N–H and O–H groups in total. The average Bonchev–Trinajstić information content (AvgIpc) is 2.02. The Hall–Kier alpha value is -0.770. The maximum Gasteiger partial charge on any atom is 0.317 e. The predicted molar refractivity (Wildman–Crippen MR) is 48.0 cm³/mol. The zero-order valence-electron chi connectivity index (χ0n) is 8.22. The van der Waals surface area contributed by atoms with Gasteiger partial charge in [-0.15, -0.1) is 0 Å². The van der Waals surface area contributed by atoms with E-state index >= 15 is 0 Å². The Bertz CT molecular complexity index is 149. The second kappa shape index (κ2) is 4.30. The van der Waals surface area contributed by atoms with E-state index in [0.29, 0.717) is 13.1 Å². The summed E-state index contributed by atoms with van der Waals surface area (Å²) in [5, 5.41) is 11.7. The highest BCUT2D eigenvalue weighted by molar-refractivity contribution is 5.75. The number of nitrogens with one attached hydrogen (secondary N) is 1. The molecule has 0 radical (unpaired) electrons. The molecule has 0 bridgehead atoms. The van der Waals surface area contributed by atoms with Gasteiger partial charge in [0.15, 0.2) is 0 Å². The van der Waals surface area contributed by atoms with Gasteiger partial charge in [0.2, 0.25) is 0 Å². The van der Waals surface area contributed by atoms with Crippen LogP contribution in [0.1, 0.15) is 20.8 Å². The van der Waals surface area contributed by atoms with E-state index in [-0.39, 0.29) is 6.03 Å². The third kappa shape index (κ3) is 2.70. The van der Waals surface area contributed by atoms with Crippen LogP contribution < -0.4 is 5.32 Å². The van der Waals surface area contributed by atoms with E-state index in [0.717, 1.165) is 0 Å². The van der Waals surface area contributed by atoms with Crippen LogP contribution in [0.2, 0.25) is 0 Å². The van der Waals surface area contributed by atoms with Crippen LogP contribution in [0.5, 0.6) is 0 Å². The first-order valence-corrected chi connectivity index (χ1v) is 4.24. The first kappa shape index (κ1) is 11.2. The number of hydrogen-bond donors (Lipinski definition) is 2. The van der Waals surface area contributed by atoms with Crippen LogP contribution in [-0.4, -0.2) is 41.8 Å². The molecule has 0 atom stereocenters. The standard InChI is InChI=1S/C6H12N2O2.C2H6/c1-6(10)3-8(4-6)5(9)7-2;1-2/h10H,3-4H2,1-2H3,(H,7,9);1-2H3. The minimum absolute atomic E-state index is 0.119. The molecule has 4 heteroatoms. The second-order valence-electron chi connectivity index (χ2n) is 2.91. The van der Waals surface area contributed by atoms with Gasteiger partial charge in [-0.05, 0) is 6.92 Å². The molecule has 12 heavy (non-hydrogen) atoms. The zero-order valence-corrected chi connectivity index (χ0v) is 8.22. The van der Waals surface area contributed by atoms with Crippen LogP contribution in [0.4, 0.5) is 4.79 Å². The van der Waals surface area contributed by atoms with Gasteiger partial charge in [0.25, 0.3) is 0 Å². The molecule has 1 aliphatic heterocycles. The summed E-state index contributed by atoms with van der Waals surface area (Å²) in [6.07, 6.45) is 0. The summed E-state index contributed by atoms with van der Waals surface area (Å²) >= 11 is 0. The number of nitrogens with zero attached hydrogens (tertiary/aromatic N) is 1. The molecule has 1 heterocycles. The molecule has 4 nitrogen and oxygen atoms in total. The number of likely N-dealkylation sites (tertiary alicyclic amines) is 1. The molecule has 0 aromatic rings. The largest absolute Gasteiger partial charge is 0.386 e. The average molecular weight is 174 g/mol. The van der Waals surface area contributed by atoms with E-state index in [4.69, 9.17) is 0 Å². The minimum Gasteiger partial charge on any atom is -0.386 e. The highest BCUT2D eigenvalue weighted by Crippen LogP contribution is 2.18. The predicted octanol–water partition coefficient (Wildman–Crippen LogP) is 0.419. The van der Waals surface area contributed by atoms with Crippen LogP contribution in [-0.2, 0) is 0 Å². The monoisotopic (exact) mass is 174 g/mol. The van der Waals surface area contributed by atoms with Gasteiger partial charge in [0.05, 0.1) is 18.7 Å². The van der Waals surface area contributed by atoms with Crippen LogP contribution >= 0.6 is 0 Å². The molecule has 0 spiro atoms. The van der Waals surface area contributed by atoms with Crippen molar-refractivity contribution in [3.8, 4) is 0 Å². The van der Waals surface area contributed by atoms with Gasteiger partial charge in [-0.25, -0.2) is 4.79 Å². The number of hydrogen-bond acceptors (Lipinski definition) is 2. The number of β-amino-alcohol motifs (C(OH)–C–C–N with tert-alkyl or cyclic N) is 1. The third-order valence-corrected chi connectivity index (χ3v) is 1.56. The molecule has 0 aromatic carbocycles. The lowest BCUT2D eigenvalue weighted by Gasteiger charge is -2.43. The van der Waals surface area contributed by atoms with Gasteiger partial charge in [0.1, 0.15) is 0 Å². The molecular formula is C8H18N2O2. The van der Waals surface area contributed by atoms with Crippen molar-refractivity contribution in [1.82, 2.24) is 10.2 Å². The SMILES string of the molecule is CC.CNC(=O)N1CC(C)(O)C1. The first-order chi connectivity index (χ1) is 5.55. The molecule has 0 aromatic heterocycles. The van der Waals surface area contributed by atoms with Gasteiger partial charge in [-0.2, -0.15) is 0 Å². The fourth-order valence-corrected chi connectivity index (χ4v) is 1.08. The Labute approximate surface area is 73.6 Å². The summed E-state index contributed by atoms with van der Waals surface area (Å²) in [7, 11) is 1.58. The zero-order chi connectivity index (χ0) is 9.78. The fraction of sp³-hybridized carbons (Fsp3) is 0.875. The Kier molecular flexibility index (Phi) is 4.03. The van der Waals surface area contributed by atoms with E-state index in [1.165, 1.54) is 0 Å². The number of carbonyl (C=O) groups excluding carboxylic acids is 1. The van der Waals surface area contributed by atoms with Crippen molar-refractivity contribution in [1.29, 1.82) is 0 Å². The maximum absolute atomic E-state index is 10.8. The van der Waals surface area contributed by atoms with Crippen LogP contribution in [0.3, 0.4) is 0 Å². The molecule has 0 unspecified atom stereocenters. The van der Waals surface area contributed by atoms with Crippen molar-refractivity contribution < 1.29 is 9.90 Å². The maximum atomic E-state index is 10.8. The molecule has 0 saturated carbocycles. The Balaban J connectivity index is 0.000000561. The Morgan fingerprint density at radius 1 is 1.50 bits per heavy atom. The van der Waals surface area contributed by atoms with Crippen molar-refractivity contribution in [2.75, 3.05) is 20.1 Å². The van der Waals surface area contributed by atoms with E-state index < -0.39 is 5.60 Å². The molecule has 1 saturated heterocycles. The van der Waals surface area contributed by atoms with E-state index in [1.807, 2.05) is 13.8 Å². The smallest absolute Gasteiger partial charge is 0.317 e. The van der Waals surface area contributed by atoms with E-state index in [9.17, 15) is 9.90 Å². The quantitative estimate of drug-likeness (QED) is 0.559. The van der Waals surface area contributed by atoms with Gasteiger partial charge >= 0.3 is 6.03 Å². The summed E-state index contributed by atoms with van der Waals surface area (Å²) in [5.41, 5.74) is -0.660. The van der Waals surface area contributed by atoms with Crippen LogP contribution in [0, 0.1) is 0 Å². The van der Waals surface area contributed by atoms with Crippen molar-refractivity contribution in [3.05, 3.63) is 0 Å². The summed E-state index contributed by atoms with van der Waals surface area (Å²) in [5.74, 6) is 0. The number of carbonyl (C=O) groups is 1. The van der Waals surface area contributed by atoms with Crippen molar-refractivity contribution in [3.63, 3.8) is 0 Å². The molecular weight excluding hydrogens is 156 g/mol. The summed E-state index contributed by atoms with van der Waals surface area (Å²) in [6, 6.07) is -0.119. The summed E-state index contributed by atoms with van der Waals surface area (Å²) in [6.45, 7) is 6.59. The van der Waals surface area contributed by atoms with Crippen molar-refractivity contribution >= 4 is 6.03 Å². The molecule has 0 aliphatic carbocycles. The number of aliphatic hydroxyl groups is 1. The van der Waals surface area contributed by atoms with Gasteiger partial charge in [-0.1, -0.05) is 13.8 Å². The lowest BCUT2D eigenvalue weighted by atomic mass is 9.98. The number of rotatable bonds is 0. The normalized spacial score (nSPS) is 18.6. The molecule has 1 rings (SSSR count). The van der Waals surface area contributed by atoms with E-state index in [2.05, 4.69) is 5.32 Å². The van der Waals surface area contributed by atoms with Gasteiger partial charge < -0.3 is 15.3 Å². The van der Waals surface area contributed by atoms with Crippen molar-refractivity contribution in [2.24, 2.45) is 0 Å². The topological polar surface area (TPSA) is 52.6 Å². The first-order valence-electron chi connectivity index (χ1n) is 4.24. The fourth-order valence-electron chi connectivity index (χ4n) is 1.08. The Morgan fingerprint density at radius 3 is 2.17 bits per heavy atom. The molecule has 1 fully saturated rings. The molecule has 72 valence electrons. The highest BCUT2D eigenvalue weighted by atomic mass is 16.3. The Morgan fingerprint density at radius 2 is 1.92 bits per heavy atom. The van der Waals surface area contributed by atoms with Crippen LogP contribution in [0.15, 0.2) is 0 Å². The van der Waals surface area contributed by atoms with Gasteiger partial charge in [-0.3, -0.25) is 0 Å². The lowest BCUT2D eigenvalue weighted by molar-refractivity contribution is -0.0603. The third-order valence-electron chi connectivity index (χ3n) is 1.56. The second-order valence-corrected chi connectivity index (χ2v) is 2.91. The lowest BCUT2D eigenvalue weighted by Crippen LogP contribution is -2.63. The minimum atomic E-state index is -0.660. The highest BCUT2D eigenvalue weighted by Gasteiger charge is 2.38. The summed E-state index contributed by atoms with van der Waals surface area (Å²) < 4.78 is 0. The van der Waals surface area contributed by atoms with Crippen molar-refractivity contribution in [2.45, 2.75) is 26.4 Å². The van der Waals surface area contributed by atoms with E-state index in [1.54, 1.807) is 18.9 Å². The van der Waals surface area contributed by atoms with Gasteiger partial charge in [0, 0.05) is 7.05 Å². The number of amides is 2. The van der Waals surface area contributed by atoms with Crippen LogP contribution in [0.25, 0.3) is 0 Å². The molecule has 2 amide bonds. The summed E-state index contributed by atoms with van der Waals surface area (Å²) in [4.78, 5) is 12.3. The number of urea groups is 1. The molecule has 1 aliphatic rings.